The molecule has 3 rings (SSSR count). The van der Waals surface area contributed by atoms with E-state index in [1.807, 2.05) is 0 Å². The van der Waals surface area contributed by atoms with Crippen molar-refractivity contribution in [2.75, 3.05) is 14.2 Å². The summed E-state index contributed by atoms with van der Waals surface area (Å²) in [4.78, 5) is 24.3. The molecule has 1 aliphatic rings. The number of benzene rings is 2. The van der Waals surface area contributed by atoms with Crippen molar-refractivity contribution in [3.05, 3.63) is 53.1 Å². The van der Waals surface area contributed by atoms with E-state index >= 15 is 0 Å². The van der Waals surface area contributed by atoms with Crippen LogP contribution in [0.25, 0.3) is 11.6 Å². The van der Waals surface area contributed by atoms with E-state index in [-0.39, 0.29) is 22.8 Å². The van der Waals surface area contributed by atoms with Gasteiger partial charge in [0.2, 0.25) is 5.75 Å². The van der Waals surface area contributed by atoms with Crippen LogP contribution in [0.1, 0.15) is 21.5 Å². The zero-order valence-electron chi connectivity index (χ0n) is 14.4. The van der Waals surface area contributed by atoms with E-state index in [1.165, 1.54) is 32.4 Å². The Morgan fingerprint density at radius 2 is 1.56 bits per heavy atom. The van der Waals surface area contributed by atoms with E-state index in [0.717, 1.165) is 0 Å². The molecule has 0 unspecified atom stereocenters. The first-order valence-electron chi connectivity index (χ1n) is 7.82. The third-order valence-electron chi connectivity index (χ3n) is 3.93. The Hall–Kier alpha value is -3.42. The summed E-state index contributed by atoms with van der Waals surface area (Å²) in [6, 6.07) is 9.51. The number of ether oxygens (including phenoxy) is 3. The van der Waals surface area contributed by atoms with Crippen molar-refractivity contribution < 1.29 is 32.6 Å². The van der Waals surface area contributed by atoms with Crippen molar-refractivity contribution >= 4 is 23.5 Å². The van der Waals surface area contributed by atoms with Crippen LogP contribution in [0.3, 0.4) is 0 Å². The predicted molar refractivity (Wildman–Crippen MR) is 93.0 cm³/mol. The van der Waals surface area contributed by atoms with Gasteiger partial charge in [-0.15, -0.1) is 0 Å². The third-order valence-corrected chi connectivity index (χ3v) is 3.93. The number of nitrogens with one attached hydrogen (secondary N) is 1. The molecule has 0 saturated carbocycles. The summed E-state index contributed by atoms with van der Waals surface area (Å²) >= 11 is 0. The molecule has 0 radical (unpaired) electrons. The molecule has 0 aromatic heterocycles. The fourth-order valence-electron chi connectivity index (χ4n) is 2.77. The van der Waals surface area contributed by atoms with Crippen molar-refractivity contribution in [3.8, 4) is 17.2 Å². The molecular formula is C19H15F2NO5. The van der Waals surface area contributed by atoms with Gasteiger partial charge in [-0.05, 0) is 35.4 Å². The van der Waals surface area contributed by atoms with Gasteiger partial charge in [0.25, 0.3) is 11.8 Å². The second-order valence-electron chi connectivity index (χ2n) is 5.52. The van der Waals surface area contributed by atoms with Gasteiger partial charge < -0.3 is 14.2 Å². The van der Waals surface area contributed by atoms with Gasteiger partial charge in [0.05, 0.1) is 14.2 Å². The molecule has 0 saturated heterocycles. The van der Waals surface area contributed by atoms with Gasteiger partial charge in [0, 0.05) is 11.1 Å². The number of methoxy groups -OCH3 is 2. The summed E-state index contributed by atoms with van der Waals surface area (Å²) in [5, 5.41) is 2.27. The summed E-state index contributed by atoms with van der Waals surface area (Å²) in [5.41, 5.74) is 1.52. The summed E-state index contributed by atoms with van der Waals surface area (Å²) in [6.45, 7) is -3.06. The minimum absolute atomic E-state index is 0.0158. The summed E-state index contributed by atoms with van der Waals surface area (Å²) < 4.78 is 40.0. The SMILES string of the molecule is COc1cc(C=C2C(=O)NC(=O)c3ccccc32)cc(OC)c1OC(F)F. The first-order chi connectivity index (χ1) is 12.9. The number of amides is 2. The zero-order chi connectivity index (χ0) is 19.6. The molecule has 0 aliphatic carbocycles. The second-order valence-corrected chi connectivity index (χ2v) is 5.52. The summed E-state index contributed by atoms with van der Waals surface area (Å²) in [6.07, 6.45) is 1.51. The Bertz CT molecular complexity index is 914. The smallest absolute Gasteiger partial charge is 0.387 e. The fraction of sp³-hybridized carbons (Fsp3) is 0.158. The maximum atomic E-state index is 12.6. The van der Waals surface area contributed by atoms with Crippen LogP contribution in [0.15, 0.2) is 36.4 Å². The van der Waals surface area contributed by atoms with Crippen LogP contribution >= 0.6 is 0 Å². The van der Waals surface area contributed by atoms with Gasteiger partial charge in [0.15, 0.2) is 11.5 Å². The van der Waals surface area contributed by atoms with E-state index in [0.29, 0.717) is 16.7 Å². The number of fused-ring (bicyclic) bond motifs is 1. The molecule has 2 aromatic rings. The molecule has 0 spiro atoms. The highest BCUT2D eigenvalue weighted by molar-refractivity contribution is 6.33. The molecule has 0 bridgehead atoms. The lowest BCUT2D eigenvalue weighted by Gasteiger charge is -2.19. The highest BCUT2D eigenvalue weighted by Gasteiger charge is 2.27. The Labute approximate surface area is 153 Å². The minimum atomic E-state index is -3.06. The number of hydrogen-bond donors (Lipinski definition) is 1. The lowest BCUT2D eigenvalue weighted by Crippen LogP contribution is -2.36. The fourth-order valence-corrected chi connectivity index (χ4v) is 2.77. The number of rotatable bonds is 5. The molecule has 2 aromatic carbocycles. The predicted octanol–water partition coefficient (Wildman–Crippen LogP) is 3.12. The second kappa shape index (κ2) is 7.45. The molecule has 8 heteroatoms. The van der Waals surface area contributed by atoms with Gasteiger partial charge >= 0.3 is 6.61 Å². The quantitative estimate of drug-likeness (QED) is 0.642. The van der Waals surface area contributed by atoms with Crippen molar-refractivity contribution in [2.45, 2.75) is 6.61 Å². The van der Waals surface area contributed by atoms with Gasteiger partial charge in [0.1, 0.15) is 0 Å². The number of carbonyl (C=O) groups is 2. The van der Waals surface area contributed by atoms with Crippen LogP contribution in [0.4, 0.5) is 8.78 Å². The molecule has 27 heavy (non-hydrogen) atoms. The van der Waals surface area contributed by atoms with Gasteiger partial charge in [-0.25, -0.2) is 0 Å². The normalized spacial score (nSPS) is 14.8. The Morgan fingerprint density at radius 3 is 2.11 bits per heavy atom. The number of alkyl halides is 2. The average Bonchev–Trinajstić information content (AvgIpc) is 2.65. The first-order valence-corrected chi connectivity index (χ1v) is 7.82. The zero-order valence-corrected chi connectivity index (χ0v) is 14.4. The molecule has 6 nitrogen and oxygen atoms in total. The first kappa shape index (κ1) is 18.4. The highest BCUT2D eigenvalue weighted by Crippen LogP contribution is 2.40. The topological polar surface area (TPSA) is 73.9 Å². The Morgan fingerprint density at radius 1 is 0.963 bits per heavy atom. The maximum Gasteiger partial charge on any atom is 0.387 e. The van der Waals surface area contributed by atoms with Crippen LogP contribution in [0.5, 0.6) is 17.2 Å². The van der Waals surface area contributed by atoms with Crippen LogP contribution < -0.4 is 19.5 Å². The standard InChI is InChI=1S/C19H15F2NO5/c1-25-14-8-10(9-15(26-2)16(14)27-19(20)21)7-13-11-5-3-4-6-12(11)17(23)22-18(13)24/h3-9,19H,1-2H3,(H,22,23,24). The van der Waals surface area contributed by atoms with Gasteiger partial charge in [-0.2, -0.15) is 8.78 Å². The number of carbonyl (C=O) groups excluding carboxylic acids is 2. The number of imide groups is 1. The average molecular weight is 375 g/mol. The van der Waals surface area contributed by atoms with Crippen molar-refractivity contribution in [1.82, 2.24) is 5.32 Å². The van der Waals surface area contributed by atoms with Crippen LogP contribution in [-0.4, -0.2) is 32.6 Å². The van der Waals surface area contributed by atoms with E-state index in [9.17, 15) is 18.4 Å². The van der Waals surface area contributed by atoms with E-state index in [4.69, 9.17) is 9.47 Å². The lowest BCUT2D eigenvalue weighted by atomic mass is 9.93. The molecule has 1 aliphatic heterocycles. The largest absolute Gasteiger partial charge is 0.493 e. The molecule has 2 amide bonds. The van der Waals surface area contributed by atoms with Gasteiger partial charge in [-0.3, -0.25) is 14.9 Å². The van der Waals surface area contributed by atoms with E-state index in [1.54, 1.807) is 24.3 Å². The number of hydrogen-bond acceptors (Lipinski definition) is 5. The maximum absolute atomic E-state index is 12.6. The van der Waals surface area contributed by atoms with Crippen molar-refractivity contribution in [3.63, 3.8) is 0 Å². The van der Waals surface area contributed by atoms with Gasteiger partial charge in [-0.1, -0.05) is 18.2 Å². The summed E-state index contributed by atoms with van der Waals surface area (Å²) in [7, 11) is 2.59. The van der Waals surface area contributed by atoms with Crippen molar-refractivity contribution in [1.29, 1.82) is 0 Å². The Kier molecular flexibility index (Phi) is 5.07. The van der Waals surface area contributed by atoms with Crippen LogP contribution in [-0.2, 0) is 4.79 Å². The van der Waals surface area contributed by atoms with Crippen LogP contribution in [0, 0.1) is 0 Å². The van der Waals surface area contributed by atoms with E-state index < -0.39 is 18.4 Å². The molecule has 0 fully saturated rings. The minimum Gasteiger partial charge on any atom is -0.493 e. The number of halogens is 2. The summed E-state index contributed by atoms with van der Waals surface area (Å²) in [5.74, 6) is -1.27. The molecular weight excluding hydrogens is 360 g/mol. The lowest BCUT2D eigenvalue weighted by molar-refractivity contribution is -0.114. The monoisotopic (exact) mass is 375 g/mol. The van der Waals surface area contributed by atoms with E-state index in [2.05, 4.69) is 10.1 Å². The third kappa shape index (κ3) is 3.59. The Balaban J connectivity index is 2.13. The van der Waals surface area contributed by atoms with Crippen LogP contribution in [0.2, 0.25) is 0 Å². The van der Waals surface area contributed by atoms with Crippen molar-refractivity contribution in [2.24, 2.45) is 0 Å². The molecule has 1 N–H and O–H groups in total. The molecule has 140 valence electrons. The highest BCUT2D eigenvalue weighted by atomic mass is 19.3. The molecule has 1 heterocycles. The molecule has 0 atom stereocenters.